The molecule has 2 amide bonds. The number of nitrogens with two attached hydrogens (primary N) is 2. The molecule has 536 valence electrons. The van der Waals surface area contributed by atoms with Crippen LogP contribution in [0.25, 0.3) is 12.2 Å². The van der Waals surface area contributed by atoms with Gasteiger partial charge in [0.2, 0.25) is 11.6 Å². The second kappa shape index (κ2) is 30.3. The van der Waals surface area contributed by atoms with Gasteiger partial charge in [-0.1, -0.05) is 68.5 Å². The molecule has 0 saturated carbocycles. The van der Waals surface area contributed by atoms with Crippen molar-refractivity contribution >= 4 is 104 Å². The molecule has 9 aliphatic rings. The van der Waals surface area contributed by atoms with Gasteiger partial charge in [-0.05, 0) is 148 Å². The van der Waals surface area contributed by atoms with Gasteiger partial charge in [0.1, 0.15) is 25.0 Å². The van der Waals surface area contributed by atoms with Crippen LogP contribution in [0.3, 0.4) is 0 Å². The number of para-hydroxylation sites is 2. The molecule has 6 unspecified atom stereocenters. The molecule has 4 aromatic carbocycles. The molecule has 13 rings (SSSR count). The van der Waals surface area contributed by atoms with E-state index in [1.165, 1.54) is 17.7 Å². The maximum absolute atomic E-state index is 12.7. The number of benzene rings is 4. The fourth-order valence-corrected chi connectivity index (χ4v) is 21.6. The highest BCUT2D eigenvalue weighted by molar-refractivity contribution is 6.62. The number of alkyl carbamates (subject to hydrolysis) is 1. The number of ether oxygens (including phenoxy) is 4. The van der Waals surface area contributed by atoms with Crippen molar-refractivity contribution in [2.24, 2.45) is 11.5 Å². The van der Waals surface area contributed by atoms with Crippen LogP contribution in [0.4, 0.5) is 27.5 Å². The fraction of sp³-hybridized carbons (Fsp3) is 0.515. The van der Waals surface area contributed by atoms with Crippen LogP contribution in [0.2, 0.25) is 12.1 Å². The van der Waals surface area contributed by atoms with E-state index in [1.54, 1.807) is 18.2 Å². The molecule has 4 bridgehead atoms. The molecule has 8 atom stereocenters. The minimum Gasteiger partial charge on any atom is -0.464 e. The van der Waals surface area contributed by atoms with Gasteiger partial charge in [-0.3, -0.25) is 34.6 Å². The molecule has 99 heavy (non-hydrogen) atoms. The van der Waals surface area contributed by atoms with Gasteiger partial charge in [-0.2, -0.15) is 0 Å². The molecule has 0 aromatic heterocycles. The highest BCUT2D eigenvalue weighted by Crippen LogP contribution is 2.57. The predicted molar refractivity (Wildman–Crippen MR) is 381 cm³/mol. The minimum absolute atomic E-state index is 0. The number of fused-ring (bicyclic) bond motifs is 8. The summed E-state index contributed by atoms with van der Waals surface area (Å²) >= 11 is 0. The molecule has 5 saturated heterocycles. The van der Waals surface area contributed by atoms with Gasteiger partial charge in [-0.25, -0.2) is 9.59 Å². The number of non-ortho nitro benzene ring substituents is 2. The summed E-state index contributed by atoms with van der Waals surface area (Å²) in [6.07, 6.45) is 10.1. The molecule has 2 spiro atoms. The zero-order valence-corrected chi connectivity index (χ0v) is 57.8. The normalized spacial score (nSPS) is 28.4. The number of cyclic esters (lactones) is 2. The quantitative estimate of drug-likeness (QED) is 0.0152. The van der Waals surface area contributed by atoms with Gasteiger partial charge < -0.3 is 77.4 Å². The SMILES string of the molecule is CC1(C)c2ccccc2N(CCOC(=O)CC[C@@H]2NC(=O)OC2=O)C12C=Cc1cc([N+](=O)[O-])ccc1O2.CC1O[Si]2(CCCN)OC(C)C1O2.CC1O[Si]2(CCCNC(=O)[C@H](N)CCC(=O)OCCN3c4ccccc4C(C)(C)C34C=Cc3cc([N+](=O)[O-])ccc3C4)OC(C)C1O2.[SiH4].[SiH4]. The predicted octanol–water partition coefficient (Wildman–Crippen LogP) is 5.07. The van der Waals surface area contributed by atoms with Crippen LogP contribution in [-0.4, -0.2) is 179 Å². The van der Waals surface area contributed by atoms with Crippen molar-refractivity contribution < 1.29 is 79.3 Å². The van der Waals surface area contributed by atoms with Gasteiger partial charge >= 0.3 is 41.6 Å². The van der Waals surface area contributed by atoms with Gasteiger partial charge in [0.25, 0.3) is 11.4 Å². The second-order valence-corrected chi connectivity index (χ2v) is 32.1. The number of hydrogen-bond acceptors (Lipinski definition) is 23. The number of nitro benzene ring substituents is 2. The Bertz CT molecular complexity index is 3750. The third kappa shape index (κ3) is 15.0. The van der Waals surface area contributed by atoms with Crippen molar-refractivity contribution in [1.29, 1.82) is 0 Å². The smallest absolute Gasteiger partial charge is 0.464 e. The van der Waals surface area contributed by atoms with E-state index in [2.05, 4.69) is 80.0 Å². The van der Waals surface area contributed by atoms with Crippen molar-refractivity contribution in [3.8, 4) is 5.75 Å². The number of rotatable bonds is 22. The molecule has 31 heteroatoms. The zero-order valence-electron chi connectivity index (χ0n) is 55.8. The number of hydrogen-bond donors (Lipinski definition) is 4. The van der Waals surface area contributed by atoms with Crippen molar-refractivity contribution in [3.05, 3.63) is 145 Å². The standard InChI is InChI=1S/C34H44N4O8Si.C26H25N3O8.C8H17NO3Si.2H4Si/c1-22-31-23(2)45-47(44-22,46-31)19-7-16-36-32(40)28(35)12-13-30(39)43-18-17-37-29-9-6-5-8-27(29)33(3,4)34(37)15-14-24-20-26(38(41)42)11-10-25(24)21-34;1-25(2)18-5-3-4-6-20(18)28(13-14-35-22(30)10-8-19-23(31)36-24(32)27-19)26(25)12-11-16-15-17(29(33)34)7-9-21(16)37-26;1-6-8-7(2)11-13(10-6,12-8)5-3-4-9;;/h5-6,8-11,14-15,20,22-23,28,31H,7,12-13,16-19,21,35H2,1-4H3,(H,36,40);3-7,9,11-12,15,19H,8,10,13-14H2,1-2H3,(H,27,32);6-8H,3-5,9H2,1-2H3;2*1H4/t22?,23?,28-,31?,34?,47?;19-,26?;;;/m10.../s1. The van der Waals surface area contributed by atoms with Crippen LogP contribution in [0, 0.1) is 20.2 Å². The lowest BCUT2D eigenvalue weighted by molar-refractivity contribution is -0.385. The number of anilines is 2. The topological polar surface area (TPSA) is 347 Å². The minimum atomic E-state index is -2.65. The number of nitrogens with one attached hydrogen (secondary N) is 2. The van der Waals surface area contributed by atoms with Crippen LogP contribution in [0.5, 0.6) is 5.75 Å². The van der Waals surface area contributed by atoms with Crippen molar-refractivity contribution in [2.45, 2.75) is 183 Å². The number of carbonyl (C=O) groups excluding carboxylic acids is 5. The average molecular weight is 1440 g/mol. The summed E-state index contributed by atoms with van der Waals surface area (Å²) in [7, 11) is -4.91. The molecular formula is C68H94N8O19Si4. The third-order valence-electron chi connectivity index (χ3n) is 20.0. The number of amides is 2. The zero-order chi connectivity index (χ0) is 69.4. The average Bonchev–Trinajstić information content (AvgIpc) is 1.56. The van der Waals surface area contributed by atoms with E-state index < -0.39 is 75.3 Å². The van der Waals surface area contributed by atoms with Gasteiger partial charge in [-0.15, -0.1) is 0 Å². The van der Waals surface area contributed by atoms with Crippen molar-refractivity contribution in [1.82, 2.24) is 10.6 Å². The lowest BCUT2D eigenvalue weighted by Crippen LogP contribution is -2.60. The number of nitrogens with zero attached hydrogens (tertiary/aromatic N) is 4. The lowest BCUT2D eigenvalue weighted by Gasteiger charge is -2.48. The summed E-state index contributed by atoms with van der Waals surface area (Å²) in [6.45, 7) is 18.7. The first-order valence-electron chi connectivity index (χ1n) is 33.2. The summed E-state index contributed by atoms with van der Waals surface area (Å²) in [5.74, 6) is -1.43. The first-order valence-corrected chi connectivity index (χ1v) is 37.0. The fourth-order valence-electron chi connectivity index (χ4n) is 14.9. The molecule has 0 radical (unpaired) electrons. The van der Waals surface area contributed by atoms with E-state index in [-0.39, 0.29) is 125 Å². The Labute approximate surface area is 586 Å². The van der Waals surface area contributed by atoms with E-state index >= 15 is 0 Å². The van der Waals surface area contributed by atoms with E-state index in [1.807, 2.05) is 79.4 Å². The van der Waals surface area contributed by atoms with Gasteiger partial charge in [0.15, 0.2) is 0 Å². The maximum atomic E-state index is 12.7. The van der Waals surface area contributed by atoms with E-state index in [4.69, 9.17) is 52.2 Å². The third-order valence-corrected chi connectivity index (χ3v) is 26.2. The lowest BCUT2D eigenvalue weighted by atomic mass is 9.65. The maximum Gasteiger partial charge on any atom is 0.502 e. The van der Waals surface area contributed by atoms with E-state index in [0.717, 1.165) is 40.5 Å². The Kier molecular flexibility index (Phi) is 23.2. The summed E-state index contributed by atoms with van der Waals surface area (Å²) in [5.41, 5.74) is 16.0. The molecule has 8 aliphatic heterocycles. The Morgan fingerprint density at radius 3 is 1.79 bits per heavy atom. The Morgan fingerprint density at radius 2 is 1.22 bits per heavy atom. The highest BCUT2D eigenvalue weighted by Gasteiger charge is 2.63. The van der Waals surface area contributed by atoms with E-state index in [9.17, 15) is 44.2 Å². The summed E-state index contributed by atoms with van der Waals surface area (Å²) in [6, 6.07) is 25.4. The molecule has 1 aliphatic carbocycles. The van der Waals surface area contributed by atoms with Crippen LogP contribution >= 0.6 is 0 Å². The summed E-state index contributed by atoms with van der Waals surface area (Å²) in [5, 5.41) is 27.8. The molecule has 6 N–H and O–H groups in total. The Hall–Kier alpha value is -7.54. The van der Waals surface area contributed by atoms with Gasteiger partial charge in [0, 0.05) is 84.5 Å². The Morgan fingerprint density at radius 1 is 0.697 bits per heavy atom. The first-order chi connectivity index (χ1) is 46.1. The molecular weight excluding hydrogens is 1350 g/mol. The number of nitro groups is 2. The van der Waals surface area contributed by atoms with Crippen LogP contribution in [0.1, 0.15) is 122 Å². The molecule has 27 nitrogen and oxygen atoms in total. The summed E-state index contributed by atoms with van der Waals surface area (Å²) < 4.78 is 57.4. The van der Waals surface area contributed by atoms with Crippen molar-refractivity contribution in [2.75, 3.05) is 49.2 Å². The van der Waals surface area contributed by atoms with Crippen LogP contribution in [-0.2, 0) is 77.2 Å². The molecule has 4 aromatic rings. The molecule has 8 heterocycles. The second-order valence-electron chi connectivity index (χ2n) is 26.9. The van der Waals surface area contributed by atoms with Gasteiger partial charge in [0.05, 0.1) is 76.6 Å². The summed E-state index contributed by atoms with van der Waals surface area (Å²) in [4.78, 5) is 86.4. The van der Waals surface area contributed by atoms with Crippen LogP contribution in [0.15, 0.2) is 97.1 Å². The largest absolute Gasteiger partial charge is 0.502 e. The highest BCUT2D eigenvalue weighted by atomic mass is 28.4. The number of carbonyl (C=O) groups is 5. The monoisotopic (exact) mass is 1440 g/mol. The van der Waals surface area contributed by atoms with Crippen LogP contribution < -0.4 is 36.6 Å². The van der Waals surface area contributed by atoms with Crippen molar-refractivity contribution in [3.63, 3.8) is 0 Å². The Balaban J connectivity index is 0.000000195. The first kappa shape index (κ1) is 75.7. The molecule has 5 fully saturated rings. The van der Waals surface area contributed by atoms with E-state index in [0.29, 0.717) is 56.4 Å². The number of esters is 3.